The number of amides is 1. The number of aryl methyl sites for hydroxylation is 3. The summed E-state index contributed by atoms with van der Waals surface area (Å²) in [5.74, 6) is 2.17. The number of nitrogens with one attached hydrogen (secondary N) is 1. The topological polar surface area (TPSA) is 63.1 Å². The third kappa shape index (κ3) is 5.22. The highest BCUT2D eigenvalue weighted by Crippen LogP contribution is 2.41. The van der Waals surface area contributed by atoms with E-state index in [0.717, 1.165) is 48.8 Å². The Kier molecular flexibility index (Phi) is 6.44. The van der Waals surface area contributed by atoms with E-state index in [9.17, 15) is 4.79 Å². The number of benzene rings is 1. The van der Waals surface area contributed by atoms with Crippen molar-refractivity contribution in [3.05, 3.63) is 41.0 Å². The van der Waals surface area contributed by atoms with Gasteiger partial charge in [-0.3, -0.25) is 4.79 Å². The Hall–Kier alpha value is -2.21. The first-order valence-corrected chi connectivity index (χ1v) is 12.1. The number of aromatic nitrogens is 3. The molecule has 1 aromatic heterocycles. The van der Waals surface area contributed by atoms with Crippen molar-refractivity contribution in [2.75, 3.05) is 25.5 Å². The van der Waals surface area contributed by atoms with Gasteiger partial charge in [-0.25, -0.2) is 0 Å². The highest BCUT2D eigenvalue weighted by atomic mass is 16.2. The maximum Gasteiger partial charge on any atom is 0.229 e. The molecule has 0 radical (unpaired) electrons. The third-order valence-corrected chi connectivity index (χ3v) is 6.84. The summed E-state index contributed by atoms with van der Waals surface area (Å²) in [6.45, 7) is 12.6. The Morgan fingerprint density at radius 3 is 2.56 bits per heavy atom. The van der Waals surface area contributed by atoms with Gasteiger partial charge >= 0.3 is 0 Å². The average Bonchev–Trinajstić information content (AvgIpc) is 3.33. The molecule has 1 aromatic carbocycles. The third-order valence-electron chi connectivity index (χ3n) is 6.84. The molecule has 1 amide bonds. The standard InChI is InChI=1S/C26H39N5O/c1-17-9-12-22(18(2)14-17)27-25(32)21-16-30(6)15-20(21)24-29-28-23(31(24)19-10-11-19)8-7-13-26(3,4)5/h9,12,14,19-21H,7-8,10-11,13,15-16H2,1-6H3,(H,27,32)/t20-,21-/m0/s1. The molecule has 1 saturated carbocycles. The second-order valence-corrected chi connectivity index (χ2v) is 11.2. The number of likely N-dealkylation sites (N-methyl/N-ethyl adjacent to an activating group) is 1. The van der Waals surface area contributed by atoms with Crippen molar-refractivity contribution >= 4 is 11.6 Å². The van der Waals surface area contributed by atoms with E-state index in [0.29, 0.717) is 11.5 Å². The van der Waals surface area contributed by atoms with Gasteiger partial charge in [0.25, 0.3) is 0 Å². The Bertz CT molecular complexity index is 969. The van der Waals surface area contributed by atoms with Crippen LogP contribution in [-0.4, -0.2) is 45.7 Å². The highest BCUT2D eigenvalue weighted by Gasteiger charge is 2.42. The molecule has 1 N–H and O–H groups in total. The van der Waals surface area contributed by atoms with Gasteiger partial charge in [0.1, 0.15) is 11.6 Å². The highest BCUT2D eigenvalue weighted by molar-refractivity contribution is 5.94. The van der Waals surface area contributed by atoms with Crippen LogP contribution in [0.5, 0.6) is 0 Å². The Morgan fingerprint density at radius 2 is 1.91 bits per heavy atom. The molecule has 174 valence electrons. The predicted molar refractivity (Wildman–Crippen MR) is 129 cm³/mol. The summed E-state index contributed by atoms with van der Waals surface area (Å²) in [5, 5.41) is 12.5. The molecule has 0 bridgehead atoms. The Labute approximate surface area is 192 Å². The lowest BCUT2D eigenvalue weighted by Crippen LogP contribution is -2.29. The van der Waals surface area contributed by atoms with Crippen molar-refractivity contribution in [1.29, 1.82) is 0 Å². The maximum atomic E-state index is 13.4. The largest absolute Gasteiger partial charge is 0.326 e. The zero-order valence-electron chi connectivity index (χ0n) is 20.6. The van der Waals surface area contributed by atoms with Crippen molar-refractivity contribution in [1.82, 2.24) is 19.7 Å². The second-order valence-electron chi connectivity index (χ2n) is 11.2. The molecule has 2 heterocycles. The van der Waals surface area contributed by atoms with E-state index in [1.165, 1.54) is 24.8 Å². The summed E-state index contributed by atoms with van der Waals surface area (Å²) in [7, 11) is 2.10. The average molecular weight is 438 g/mol. The fraction of sp³-hybridized carbons (Fsp3) is 0.654. The number of carbonyl (C=O) groups is 1. The van der Waals surface area contributed by atoms with Crippen LogP contribution in [0.25, 0.3) is 0 Å². The Morgan fingerprint density at radius 1 is 1.16 bits per heavy atom. The van der Waals surface area contributed by atoms with Gasteiger partial charge in [0.05, 0.1) is 5.92 Å². The van der Waals surface area contributed by atoms with E-state index in [1.807, 2.05) is 6.07 Å². The van der Waals surface area contributed by atoms with Crippen molar-refractivity contribution in [3.63, 3.8) is 0 Å². The fourth-order valence-electron chi connectivity index (χ4n) is 4.98. The number of likely N-dealkylation sites (tertiary alicyclic amines) is 1. The minimum Gasteiger partial charge on any atom is -0.326 e. The first-order valence-electron chi connectivity index (χ1n) is 12.1. The van der Waals surface area contributed by atoms with Crippen molar-refractivity contribution in [3.8, 4) is 0 Å². The molecule has 2 aliphatic rings. The molecule has 4 rings (SSSR count). The van der Waals surface area contributed by atoms with E-state index in [-0.39, 0.29) is 17.7 Å². The van der Waals surface area contributed by atoms with Gasteiger partial charge in [-0.2, -0.15) is 0 Å². The molecule has 2 aromatic rings. The summed E-state index contributed by atoms with van der Waals surface area (Å²) in [4.78, 5) is 15.6. The number of anilines is 1. The number of carbonyl (C=O) groups excluding carboxylic acids is 1. The van der Waals surface area contributed by atoms with E-state index in [2.05, 4.69) is 78.8 Å². The SMILES string of the molecule is Cc1ccc(NC(=O)[C@H]2CN(C)C[C@@H]2c2nnc(CCCC(C)(C)C)n2C2CC2)c(C)c1. The van der Waals surface area contributed by atoms with E-state index in [1.54, 1.807) is 0 Å². The first-order chi connectivity index (χ1) is 15.1. The zero-order chi connectivity index (χ0) is 23.0. The minimum absolute atomic E-state index is 0.0789. The van der Waals surface area contributed by atoms with Gasteiger partial charge in [-0.15, -0.1) is 10.2 Å². The van der Waals surface area contributed by atoms with Crippen LogP contribution >= 0.6 is 0 Å². The van der Waals surface area contributed by atoms with Crippen LogP contribution in [0.2, 0.25) is 0 Å². The molecule has 1 aliphatic carbocycles. The second kappa shape index (κ2) is 8.97. The number of nitrogens with zero attached hydrogens (tertiary/aromatic N) is 4. The molecule has 1 aliphatic heterocycles. The summed E-state index contributed by atoms with van der Waals surface area (Å²) >= 11 is 0. The molecule has 0 spiro atoms. The van der Waals surface area contributed by atoms with Gasteiger partial charge in [0.15, 0.2) is 0 Å². The van der Waals surface area contributed by atoms with Gasteiger partial charge in [-0.1, -0.05) is 38.5 Å². The van der Waals surface area contributed by atoms with Gasteiger partial charge in [0, 0.05) is 37.2 Å². The molecule has 0 unspecified atom stereocenters. The number of hydrogen-bond donors (Lipinski definition) is 1. The lowest BCUT2D eigenvalue weighted by molar-refractivity contribution is -0.119. The van der Waals surface area contributed by atoms with Crippen molar-refractivity contribution < 1.29 is 4.79 Å². The van der Waals surface area contributed by atoms with Crippen LogP contribution in [-0.2, 0) is 11.2 Å². The predicted octanol–water partition coefficient (Wildman–Crippen LogP) is 4.88. The van der Waals surface area contributed by atoms with Gasteiger partial charge in [0.2, 0.25) is 5.91 Å². The molecule has 6 heteroatoms. The molecule has 1 saturated heterocycles. The van der Waals surface area contributed by atoms with E-state index in [4.69, 9.17) is 0 Å². The summed E-state index contributed by atoms with van der Waals surface area (Å²) < 4.78 is 2.39. The number of hydrogen-bond acceptors (Lipinski definition) is 4. The minimum atomic E-state index is -0.121. The zero-order valence-corrected chi connectivity index (χ0v) is 20.6. The van der Waals surface area contributed by atoms with Crippen LogP contribution < -0.4 is 5.32 Å². The van der Waals surface area contributed by atoms with E-state index < -0.39 is 0 Å². The molecular weight excluding hydrogens is 398 g/mol. The lowest BCUT2D eigenvalue weighted by Gasteiger charge is -2.20. The van der Waals surface area contributed by atoms with Crippen LogP contribution in [0.3, 0.4) is 0 Å². The van der Waals surface area contributed by atoms with Gasteiger partial charge < -0.3 is 14.8 Å². The molecular formula is C26H39N5O. The van der Waals surface area contributed by atoms with E-state index >= 15 is 0 Å². The summed E-state index contributed by atoms with van der Waals surface area (Å²) in [6.07, 6.45) is 5.64. The van der Waals surface area contributed by atoms with Crippen LogP contribution in [0, 0.1) is 25.2 Å². The lowest BCUT2D eigenvalue weighted by atomic mass is 9.90. The van der Waals surface area contributed by atoms with Crippen LogP contribution in [0.15, 0.2) is 18.2 Å². The smallest absolute Gasteiger partial charge is 0.229 e. The first kappa shape index (κ1) is 23.0. The summed E-state index contributed by atoms with van der Waals surface area (Å²) in [5.41, 5.74) is 3.54. The summed E-state index contributed by atoms with van der Waals surface area (Å²) in [6, 6.07) is 6.69. The molecule has 6 nitrogen and oxygen atoms in total. The fourth-order valence-corrected chi connectivity index (χ4v) is 4.98. The maximum absolute atomic E-state index is 13.4. The normalized spacial score (nSPS) is 21.8. The number of rotatable bonds is 7. The monoisotopic (exact) mass is 437 g/mol. The quantitative estimate of drug-likeness (QED) is 0.670. The van der Waals surface area contributed by atoms with Crippen LogP contribution in [0.4, 0.5) is 5.69 Å². The van der Waals surface area contributed by atoms with Crippen molar-refractivity contribution in [2.45, 2.75) is 78.7 Å². The Balaban J connectivity index is 1.54. The van der Waals surface area contributed by atoms with Crippen LogP contribution in [0.1, 0.15) is 81.2 Å². The molecule has 2 fully saturated rings. The van der Waals surface area contributed by atoms with Gasteiger partial charge in [-0.05, 0) is 63.6 Å². The van der Waals surface area contributed by atoms with Crippen molar-refractivity contribution in [2.24, 2.45) is 11.3 Å². The molecule has 2 atom stereocenters. The molecule has 32 heavy (non-hydrogen) atoms.